The average Bonchev–Trinajstić information content (AvgIpc) is 3.02. The van der Waals surface area contributed by atoms with Gasteiger partial charge in [0.25, 0.3) is 11.8 Å². The molecule has 3 rings (SSSR count). The molecule has 1 aliphatic rings. The van der Waals surface area contributed by atoms with Crippen LogP contribution in [0.15, 0.2) is 66.7 Å². The van der Waals surface area contributed by atoms with Crippen molar-refractivity contribution in [2.24, 2.45) is 0 Å². The monoisotopic (exact) mass is 406 g/mol. The normalized spacial score (nSPS) is 18.4. The number of rotatable bonds is 7. The van der Waals surface area contributed by atoms with Gasteiger partial charge >= 0.3 is 6.03 Å². The first-order valence-electron chi connectivity index (χ1n) is 9.49. The molecule has 2 aromatic carbocycles. The highest BCUT2D eigenvalue weighted by Crippen LogP contribution is 2.31. The number of nitrogens with one attached hydrogen (secondary N) is 3. The minimum Gasteiger partial charge on any atom is -0.343 e. The van der Waals surface area contributed by atoms with Crippen molar-refractivity contribution in [3.8, 4) is 0 Å². The molecule has 8 nitrogen and oxygen atoms in total. The Morgan fingerprint density at radius 1 is 1.03 bits per heavy atom. The molecule has 0 spiro atoms. The predicted octanol–water partition coefficient (Wildman–Crippen LogP) is 1.70. The molecule has 8 heteroatoms. The molecule has 1 saturated heterocycles. The van der Waals surface area contributed by atoms with Gasteiger partial charge in [0.1, 0.15) is 5.54 Å². The number of benzene rings is 2. The van der Waals surface area contributed by atoms with Crippen molar-refractivity contribution in [2.45, 2.75) is 18.9 Å². The SMILES string of the molecule is CC[C@@]1(c2ccccc2)NC(=O)N(NC(=O)CNC(=O)/C=C/c2ccccc2)C1=O. The van der Waals surface area contributed by atoms with Gasteiger partial charge in [-0.2, -0.15) is 5.01 Å². The quantitative estimate of drug-likeness (QED) is 0.480. The van der Waals surface area contributed by atoms with Crippen molar-refractivity contribution in [3.05, 3.63) is 77.9 Å². The van der Waals surface area contributed by atoms with Crippen molar-refractivity contribution in [1.29, 1.82) is 0 Å². The topological polar surface area (TPSA) is 108 Å². The number of carbonyl (C=O) groups excluding carboxylic acids is 4. The maximum Gasteiger partial charge on any atom is 0.344 e. The molecule has 2 aromatic rings. The Kier molecular flexibility index (Phi) is 6.26. The van der Waals surface area contributed by atoms with Crippen molar-refractivity contribution < 1.29 is 19.2 Å². The molecule has 0 aromatic heterocycles. The van der Waals surface area contributed by atoms with Crippen molar-refractivity contribution >= 4 is 29.8 Å². The lowest BCUT2D eigenvalue weighted by Crippen LogP contribution is -2.51. The molecule has 0 bridgehead atoms. The minimum atomic E-state index is -1.24. The van der Waals surface area contributed by atoms with Gasteiger partial charge in [0.2, 0.25) is 5.91 Å². The third-order valence-corrected chi connectivity index (χ3v) is 4.77. The second-order valence-corrected chi connectivity index (χ2v) is 6.69. The second-order valence-electron chi connectivity index (χ2n) is 6.69. The van der Waals surface area contributed by atoms with Gasteiger partial charge in [-0.15, -0.1) is 0 Å². The number of urea groups is 1. The second kappa shape index (κ2) is 9.04. The van der Waals surface area contributed by atoms with E-state index in [0.29, 0.717) is 17.0 Å². The summed E-state index contributed by atoms with van der Waals surface area (Å²) in [7, 11) is 0. The third-order valence-electron chi connectivity index (χ3n) is 4.77. The fourth-order valence-electron chi connectivity index (χ4n) is 3.17. The number of hydrogen-bond donors (Lipinski definition) is 3. The molecule has 5 amide bonds. The standard InChI is InChI=1S/C22H22N4O4/c1-2-22(17-11-7-4-8-12-17)20(29)26(21(30)24-22)25-19(28)15-23-18(27)14-13-16-9-5-3-6-10-16/h3-14H,2,15H2,1H3,(H,23,27)(H,24,30)(H,25,28)/b14-13+/t22-/m0/s1. The van der Waals surface area contributed by atoms with Crippen LogP contribution in [0.4, 0.5) is 4.79 Å². The van der Waals surface area contributed by atoms with Crippen LogP contribution in [0.5, 0.6) is 0 Å². The summed E-state index contributed by atoms with van der Waals surface area (Å²) in [5.74, 6) is -1.75. The zero-order valence-corrected chi connectivity index (χ0v) is 16.4. The van der Waals surface area contributed by atoms with Gasteiger partial charge in [0, 0.05) is 6.08 Å². The predicted molar refractivity (Wildman–Crippen MR) is 110 cm³/mol. The molecule has 30 heavy (non-hydrogen) atoms. The molecule has 1 atom stereocenters. The molecular weight excluding hydrogens is 384 g/mol. The summed E-state index contributed by atoms with van der Waals surface area (Å²) < 4.78 is 0. The van der Waals surface area contributed by atoms with E-state index < -0.39 is 29.3 Å². The number of amides is 5. The number of imide groups is 1. The smallest absolute Gasteiger partial charge is 0.343 e. The van der Waals surface area contributed by atoms with E-state index in [2.05, 4.69) is 16.1 Å². The highest BCUT2D eigenvalue weighted by atomic mass is 16.2. The average molecular weight is 406 g/mol. The summed E-state index contributed by atoms with van der Waals surface area (Å²) in [4.78, 5) is 49.3. The lowest BCUT2D eigenvalue weighted by atomic mass is 9.87. The molecule has 1 heterocycles. The van der Waals surface area contributed by atoms with Crippen LogP contribution in [-0.2, 0) is 19.9 Å². The van der Waals surface area contributed by atoms with Crippen LogP contribution in [-0.4, -0.2) is 35.3 Å². The van der Waals surface area contributed by atoms with Gasteiger partial charge in [0.15, 0.2) is 0 Å². The van der Waals surface area contributed by atoms with E-state index >= 15 is 0 Å². The molecule has 0 saturated carbocycles. The number of nitrogens with zero attached hydrogens (tertiary/aromatic N) is 1. The highest BCUT2D eigenvalue weighted by Gasteiger charge is 2.52. The van der Waals surface area contributed by atoms with Crippen LogP contribution in [0, 0.1) is 0 Å². The molecule has 3 N–H and O–H groups in total. The summed E-state index contributed by atoms with van der Waals surface area (Å²) in [6.45, 7) is 1.38. The Labute approximate surface area is 173 Å². The summed E-state index contributed by atoms with van der Waals surface area (Å²) in [5, 5.41) is 5.74. The van der Waals surface area contributed by atoms with Gasteiger partial charge in [0.05, 0.1) is 6.54 Å². The lowest BCUT2D eigenvalue weighted by Gasteiger charge is -2.25. The van der Waals surface area contributed by atoms with Crippen LogP contribution in [0.1, 0.15) is 24.5 Å². The minimum absolute atomic E-state index is 0.314. The molecule has 0 unspecified atom stereocenters. The van der Waals surface area contributed by atoms with E-state index in [1.165, 1.54) is 6.08 Å². The first-order valence-corrected chi connectivity index (χ1v) is 9.49. The van der Waals surface area contributed by atoms with Gasteiger partial charge in [-0.3, -0.25) is 19.8 Å². The maximum atomic E-state index is 12.9. The van der Waals surface area contributed by atoms with E-state index in [-0.39, 0.29) is 6.54 Å². The molecule has 1 aliphatic heterocycles. The Bertz CT molecular complexity index is 975. The zero-order chi connectivity index (χ0) is 21.6. The van der Waals surface area contributed by atoms with Crippen LogP contribution in [0.2, 0.25) is 0 Å². The molecule has 0 radical (unpaired) electrons. The molecular formula is C22H22N4O4. The highest BCUT2D eigenvalue weighted by molar-refractivity contribution is 6.08. The summed E-state index contributed by atoms with van der Waals surface area (Å²) in [5.41, 5.74) is 2.49. The van der Waals surface area contributed by atoms with E-state index in [4.69, 9.17) is 0 Å². The van der Waals surface area contributed by atoms with Gasteiger partial charge in [-0.05, 0) is 23.6 Å². The van der Waals surface area contributed by atoms with E-state index in [9.17, 15) is 19.2 Å². The molecule has 0 aliphatic carbocycles. The summed E-state index contributed by atoms with van der Waals surface area (Å²) >= 11 is 0. The molecule has 154 valence electrons. The van der Waals surface area contributed by atoms with Crippen molar-refractivity contribution in [3.63, 3.8) is 0 Å². The maximum absolute atomic E-state index is 12.9. The summed E-state index contributed by atoms with van der Waals surface area (Å²) in [6, 6.07) is 17.3. The Morgan fingerprint density at radius 3 is 2.30 bits per heavy atom. The van der Waals surface area contributed by atoms with E-state index in [1.54, 1.807) is 37.3 Å². The first kappa shape index (κ1) is 20.8. The first-order chi connectivity index (χ1) is 14.5. The Hall–Kier alpha value is -3.94. The number of hydrazine groups is 1. The molecule has 1 fully saturated rings. The van der Waals surface area contributed by atoms with Gasteiger partial charge in [-0.25, -0.2) is 4.79 Å². The van der Waals surface area contributed by atoms with Crippen LogP contribution in [0.25, 0.3) is 6.08 Å². The largest absolute Gasteiger partial charge is 0.344 e. The zero-order valence-electron chi connectivity index (χ0n) is 16.4. The summed E-state index contributed by atoms with van der Waals surface area (Å²) in [6.07, 6.45) is 3.23. The van der Waals surface area contributed by atoms with Crippen LogP contribution < -0.4 is 16.1 Å². The fourth-order valence-corrected chi connectivity index (χ4v) is 3.17. The van der Waals surface area contributed by atoms with Gasteiger partial charge in [-0.1, -0.05) is 67.6 Å². The fraction of sp³-hybridized carbons (Fsp3) is 0.182. The van der Waals surface area contributed by atoms with E-state index in [1.807, 2.05) is 36.4 Å². The van der Waals surface area contributed by atoms with Crippen molar-refractivity contribution in [1.82, 2.24) is 21.1 Å². The van der Waals surface area contributed by atoms with Crippen LogP contribution in [0.3, 0.4) is 0 Å². The van der Waals surface area contributed by atoms with Crippen LogP contribution >= 0.6 is 0 Å². The lowest BCUT2D eigenvalue weighted by molar-refractivity contribution is -0.139. The Morgan fingerprint density at radius 2 is 1.67 bits per heavy atom. The number of carbonyl (C=O) groups is 4. The van der Waals surface area contributed by atoms with Gasteiger partial charge < -0.3 is 10.6 Å². The number of hydrogen-bond acceptors (Lipinski definition) is 4. The van der Waals surface area contributed by atoms with E-state index in [0.717, 1.165) is 5.56 Å². The third kappa shape index (κ3) is 4.38. The van der Waals surface area contributed by atoms with Crippen molar-refractivity contribution in [2.75, 3.05) is 6.54 Å². The Balaban J connectivity index is 1.58.